The summed E-state index contributed by atoms with van der Waals surface area (Å²) in [6.45, 7) is -3.43. The quantitative estimate of drug-likeness (QED) is 0.426. The van der Waals surface area contributed by atoms with Gasteiger partial charge in [0.25, 0.3) is 0 Å². The number of carbonyl (C=O) groups is 2. The van der Waals surface area contributed by atoms with Crippen molar-refractivity contribution < 1.29 is 36.3 Å². The van der Waals surface area contributed by atoms with E-state index in [4.69, 9.17) is 0 Å². The Labute approximate surface area is 162 Å². The molecule has 29 heavy (non-hydrogen) atoms. The van der Waals surface area contributed by atoms with Gasteiger partial charge in [0.2, 0.25) is 11.8 Å². The van der Waals surface area contributed by atoms with E-state index in [1.165, 1.54) is 37.4 Å². The summed E-state index contributed by atoms with van der Waals surface area (Å²) in [5, 5.41) is 2.05. The molecule has 0 aliphatic rings. The number of carbonyl (C=O) groups excluding carboxylic acids is 2. The van der Waals surface area contributed by atoms with Gasteiger partial charge < -0.3 is 15.0 Å². The molecule has 5 nitrogen and oxygen atoms in total. The van der Waals surface area contributed by atoms with E-state index in [0.29, 0.717) is 11.6 Å². The number of hydrogen-bond donors (Lipinski definition) is 1. The van der Waals surface area contributed by atoms with Crippen LogP contribution >= 0.6 is 0 Å². The van der Waals surface area contributed by atoms with Crippen molar-refractivity contribution in [1.29, 1.82) is 0 Å². The first-order valence-corrected chi connectivity index (χ1v) is 8.08. The van der Waals surface area contributed by atoms with Gasteiger partial charge in [-0.15, -0.1) is 0 Å². The van der Waals surface area contributed by atoms with E-state index in [-0.39, 0.29) is 5.75 Å². The molecule has 0 aromatic heterocycles. The van der Waals surface area contributed by atoms with E-state index < -0.39 is 48.1 Å². The lowest BCUT2D eigenvalue weighted by Gasteiger charge is -2.15. The number of anilines is 1. The minimum absolute atomic E-state index is 0.0401. The van der Waals surface area contributed by atoms with Crippen molar-refractivity contribution in [2.75, 3.05) is 18.9 Å². The first-order valence-electron chi connectivity index (χ1n) is 8.08. The normalized spacial score (nSPS) is 11.0. The van der Waals surface area contributed by atoms with Gasteiger partial charge in [0.05, 0.1) is 12.2 Å². The van der Waals surface area contributed by atoms with E-state index in [2.05, 4.69) is 4.74 Å². The monoisotopic (exact) mass is 414 g/mol. The van der Waals surface area contributed by atoms with Crippen LogP contribution in [0.1, 0.15) is 5.56 Å². The molecular weight excluding hydrogens is 399 g/mol. The molecule has 0 radical (unpaired) electrons. The number of halogens is 5. The summed E-state index contributed by atoms with van der Waals surface area (Å²) in [5.41, 5.74) is -0.0435. The number of hydrogen-bond acceptors (Lipinski definition) is 3. The van der Waals surface area contributed by atoms with E-state index in [0.717, 1.165) is 17.0 Å². The highest BCUT2D eigenvalue weighted by molar-refractivity contribution is 5.97. The second-order valence-electron chi connectivity index (χ2n) is 5.75. The molecule has 0 spiro atoms. The fourth-order valence-corrected chi connectivity index (χ4v) is 2.16. The molecule has 0 heterocycles. The summed E-state index contributed by atoms with van der Waals surface area (Å²) < 4.78 is 68.0. The molecule has 0 saturated heterocycles. The summed E-state index contributed by atoms with van der Waals surface area (Å²) in [6.07, 6.45) is 2.52. The Morgan fingerprint density at radius 1 is 1.07 bits per heavy atom. The molecule has 0 fully saturated rings. The highest BCUT2D eigenvalue weighted by atomic mass is 19.3. The molecule has 1 N–H and O–H groups in total. The van der Waals surface area contributed by atoms with Crippen LogP contribution < -0.4 is 10.1 Å². The Kier molecular flexibility index (Phi) is 7.29. The van der Waals surface area contributed by atoms with Gasteiger partial charge in [0.15, 0.2) is 17.5 Å². The Balaban J connectivity index is 1.92. The van der Waals surface area contributed by atoms with Crippen LogP contribution in [-0.4, -0.2) is 36.9 Å². The van der Waals surface area contributed by atoms with Crippen LogP contribution in [0.2, 0.25) is 0 Å². The zero-order valence-corrected chi connectivity index (χ0v) is 15.0. The van der Waals surface area contributed by atoms with Crippen molar-refractivity contribution in [2.45, 2.75) is 6.61 Å². The number of nitrogens with zero attached hydrogens (tertiary/aromatic N) is 1. The van der Waals surface area contributed by atoms with Crippen LogP contribution in [0.25, 0.3) is 6.08 Å². The van der Waals surface area contributed by atoms with E-state index in [1.807, 2.05) is 5.32 Å². The number of rotatable bonds is 7. The van der Waals surface area contributed by atoms with Gasteiger partial charge in [-0.25, -0.2) is 13.2 Å². The molecule has 2 rings (SSSR count). The standard InChI is InChI=1S/C19H15F5N2O3/c1-26(10-15(27)25-14-8-7-13(20)17(21)18(14)22)16(28)9-4-11-2-5-12(6-3-11)29-19(23)24/h2-9,19H,10H2,1H3,(H,25,27)/b9-4+. The summed E-state index contributed by atoms with van der Waals surface area (Å²) in [7, 11) is 1.30. The average molecular weight is 414 g/mol. The molecule has 10 heteroatoms. The minimum Gasteiger partial charge on any atom is -0.435 e. The molecule has 2 aromatic rings. The SMILES string of the molecule is CN(CC(=O)Nc1ccc(F)c(F)c1F)C(=O)/C=C/c1ccc(OC(F)F)cc1. The largest absolute Gasteiger partial charge is 0.435 e. The van der Waals surface area contributed by atoms with Crippen LogP contribution in [0, 0.1) is 17.5 Å². The van der Waals surface area contributed by atoms with Crippen LogP contribution in [0.15, 0.2) is 42.5 Å². The number of amides is 2. The molecule has 154 valence electrons. The fraction of sp³-hybridized carbons (Fsp3) is 0.158. The first-order chi connectivity index (χ1) is 13.7. The van der Waals surface area contributed by atoms with E-state index >= 15 is 0 Å². The van der Waals surface area contributed by atoms with Gasteiger partial charge in [-0.2, -0.15) is 8.78 Å². The molecule has 0 aliphatic carbocycles. The summed E-state index contributed by atoms with van der Waals surface area (Å²) >= 11 is 0. The Hall–Kier alpha value is -3.43. The molecule has 0 saturated carbocycles. The Morgan fingerprint density at radius 2 is 1.72 bits per heavy atom. The third-order valence-corrected chi connectivity index (χ3v) is 3.59. The maximum Gasteiger partial charge on any atom is 0.387 e. The smallest absolute Gasteiger partial charge is 0.387 e. The average Bonchev–Trinajstić information content (AvgIpc) is 2.67. The second kappa shape index (κ2) is 9.67. The summed E-state index contributed by atoms with van der Waals surface area (Å²) in [6, 6.07) is 6.99. The minimum atomic E-state index is -2.95. The number of likely N-dealkylation sites (N-methyl/N-ethyl adjacent to an activating group) is 1. The first kappa shape index (κ1) is 21.9. The van der Waals surface area contributed by atoms with Crippen molar-refractivity contribution >= 4 is 23.6 Å². The highest BCUT2D eigenvalue weighted by Gasteiger charge is 2.17. The van der Waals surface area contributed by atoms with Gasteiger partial charge in [-0.05, 0) is 35.9 Å². The predicted octanol–water partition coefficient (Wildman–Crippen LogP) is 3.82. The lowest BCUT2D eigenvalue weighted by atomic mass is 10.2. The summed E-state index contributed by atoms with van der Waals surface area (Å²) in [4.78, 5) is 24.9. The third kappa shape index (κ3) is 6.30. The third-order valence-electron chi connectivity index (χ3n) is 3.59. The Morgan fingerprint density at radius 3 is 2.34 bits per heavy atom. The second-order valence-corrected chi connectivity index (χ2v) is 5.75. The molecule has 0 unspecified atom stereocenters. The predicted molar refractivity (Wildman–Crippen MR) is 94.7 cm³/mol. The maximum atomic E-state index is 13.6. The van der Waals surface area contributed by atoms with E-state index in [1.54, 1.807) is 0 Å². The maximum absolute atomic E-state index is 13.6. The van der Waals surface area contributed by atoms with E-state index in [9.17, 15) is 31.5 Å². The molecule has 0 aliphatic heterocycles. The number of alkyl halides is 2. The molecular formula is C19H15F5N2O3. The number of nitrogens with one attached hydrogen (secondary N) is 1. The fourth-order valence-electron chi connectivity index (χ4n) is 2.16. The van der Waals surface area contributed by atoms with Gasteiger partial charge in [0.1, 0.15) is 5.75 Å². The van der Waals surface area contributed by atoms with Crippen LogP contribution in [0.3, 0.4) is 0 Å². The highest BCUT2D eigenvalue weighted by Crippen LogP contribution is 2.19. The van der Waals surface area contributed by atoms with Crippen molar-refractivity contribution in [2.24, 2.45) is 0 Å². The lowest BCUT2D eigenvalue weighted by Crippen LogP contribution is -2.34. The Bertz CT molecular complexity index is 917. The number of benzene rings is 2. The van der Waals surface area contributed by atoms with Gasteiger partial charge in [-0.3, -0.25) is 9.59 Å². The summed E-state index contributed by atoms with van der Waals surface area (Å²) in [5.74, 6) is -6.12. The van der Waals surface area contributed by atoms with Crippen LogP contribution in [0.5, 0.6) is 5.75 Å². The van der Waals surface area contributed by atoms with Gasteiger partial charge in [-0.1, -0.05) is 12.1 Å². The van der Waals surface area contributed by atoms with Crippen molar-refractivity contribution in [3.05, 3.63) is 65.5 Å². The van der Waals surface area contributed by atoms with Gasteiger partial charge in [0, 0.05) is 13.1 Å². The van der Waals surface area contributed by atoms with Crippen molar-refractivity contribution in [3.63, 3.8) is 0 Å². The van der Waals surface area contributed by atoms with Crippen LogP contribution in [-0.2, 0) is 9.59 Å². The van der Waals surface area contributed by atoms with Crippen molar-refractivity contribution in [3.8, 4) is 5.75 Å². The lowest BCUT2D eigenvalue weighted by molar-refractivity contribution is -0.129. The molecule has 2 aromatic carbocycles. The molecule has 0 atom stereocenters. The zero-order chi connectivity index (χ0) is 21.6. The molecule has 2 amide bonds. The van der Waals surface area contributed by atoms with Crippen LogP contribution in [0.4, 0.5) is 27.6 Å². The number of ether oxygens (including phenoxy) is 1. The molecule has 0 bridgehead atoms. The topological polar surface area (TPSA) is 58.6 Å². The van der Waals surface area contributed by atoms with Gasteiger partial charge >= 0.3 is 6.61 Å². The van der Waals surface area contributed by atoms with Crippen molar-refractivity contribution in [1.82, 2.24) is 4.90 Å². The zero-order valence-electron chi connectivity index (χ0n) is 15.0.